The van der Waals surface area contributed by atoms with E-state index in [2.05, 4.69) is 46.7 Å². The van der Waals surface area contributed by atoms with Gasteiger partial charge < -0.3 is 9.84 Å². The van der Waals surface area contributed by atoms with Gasteiger partial charge in [-0.05, 0) is 38.0 Å². The fraction of sp³-hybridized carbons (Fsp3) is 0.412. The van der Waals surface area contributed by atoms with E-state index in [1.807, 2.05) is 13.8 Å². The Morgan fingerprint density at radius 1 is 1.39 bits per heavy atom. The van der Waals surface area contributed by atoms with E-state index in [4.69, 9.17) is 9.36 Å². The van der Waals surface area contributed by atoms with Gasteiger partial charge in [0.15, 0.2) is 0 Å². The normalized spacial score (nSPS) is 22.7. The third-order valence-corrected chi connectivity index (χ3v) is 4.34. The molecule has 1 aliphatic rings. The predicted octanol–water partition coefficient (Wildman–Crippen LogP) is 2.63. The highest BCUT2D eigenvalue weighted by atomic mass is 16.7. The zero-order valence-corrected chi connectivity index (χ0v) is 14.2. The topological polar surface area (TPSA) is 62.9 Å². The van der Waals surface area contributed by atoms with Crippen LogP contribution in [0.2, 0.25) is 0 Å². The molecule has 2 aromatic rings. The monoisotopic (exact) mass is 314 g/mol. The van der Waals surface area contributed by atoms with Gasteiger partial charge in [-0.2, -0.15) is 0 Å². The molecule has 1 aromatic heterocycles. The molecule has 0 aliphatic carbocycles. The third-order valence-electron chi connectivity index (χ3n) is 4.34. The molecule has 1 aliphatic heterocycles. The minimum atomic E-state index is -0.278. The van der Waals surface area contributed by atoms with Crippen molar-refractivity contribution >= 4 is 5.96 Å². The number of nitrogens with zero attached hydrogens (tertiary/aromatic N) is 3. The average molecular weight is 314 g/mol. The van der Waals surface area contributed by atoms with Crippen molar-refractivity contribution in [1.29, 1.82) is 0 Å². The molecule has 0 saturated carbocycles. The quantitative estimate of drug-likeness (QED) is 0.943. The van der Waals surface area contributed by atoms with Crippen LogP contribution in [0.25, 0.3) is 11.1 Å². The maximum absolute atomic E-state index is 5.39. The molecule has 6 heteroatoms. The first kappa shape index (κ1) is 15.6. The Balaban J connectivity index is 2.01. The number of benzene rings is 1. The van der Waals surface area contributed by atoms with Crippen molar-refractivity contribution in [3.05, 3.63) is 41.3 Å². The van der Waals surface area contributed by atoms with Gasteiger partial charge in [-0.3, -0.25) is 9.83 Å². The van der Waals surface area contributed by atoms with E-state index in [9.17, 15) is 0 Å². The summed E-state index contributed by atoms with van der Waals surface area (Å²) in [6, 6.07) is 8.42. The predicted molar refractivity (Wildman–Crippen MR) is 89.0 cm³/mol. The van der Waals surface area contributed by atoms with Crippen molar-refractivity contribution in [2.24, 2.45) is 4.99 Å². The summed E-state index contributed by atoms with van der Waals surface area (Å²) in [6.45, 7) is 6.72. The van der Waals surface area contributed by atoms with Crippen LogP contribution < -0.4 is 5.32 Å². The molecule has 1 saturated heterocycles. The van der Waals surface area contributed by atoms with Crippen LogP contribution in [0.1, 0.15) is 23.9 Å². The highest BCUT2D eigenvalue weighted by Gasteiger charge is 2.39. The first-order valence-electron chi connectivity index (χ1n) is 7.59. The zero-order chi connectivity index (χ0) is 16.6. The van der Waals surface area contributed by atoms with Gasteiger partial charge in [-0.1, -0.05) is 23.4 Å². The molecule has 1 atom stereocenters. The average Bonchev–Trinajstić information content (AvgIpc) is 3.07. The summed E-state index contributed by atoms with van der Waals surface area (Å²) >= 11 is 0. The van der Waals surface area contributed by atoms with E-state index < -0.39 is 0 Å². The molecule has 0 bridgehead atoms. The third kappa shape index (κ3) is 2.59. The van der Waals surface area contributed by atoms with Crippen LogP contribution in [-0.2, 0) is 10.4 Å². The molecule has 3 rings (SSSR count). The van der Waals surface area contributed by atoms with Gasteiger partial charge >= 0.3 is 0 Å². The van der Waals surface area contributed by atoms with Crippen LogP contribution in [0.5, 0.6) is 0 Å². The first-order valence-corrected chi connectivity index (χ1v) is 7.59. The molecule has 1 fully saturated rings. The second kappa shape index (κ2) is 5.70. The molecular weight excluding hydrogens is 292 g/mol. The number of aromatic nitrogens is 1. The van der Waals surface area contributed by atoms with E-state index >= 15 is 0 Å². The van der Waals surface area contributed by atoms with Crippen molar-refractivity contribution < 1.29 is 9.36 Å². The van der Waals surface area contributed by atoms with Crippen LogP contribution in [0.4, 0.5) is 0 Å². The number of rotatable bonds is 3. The Morgan fingerprint density at radius 3 is 2.74 bits per heavy atom. The molecule has 0 amide bonds. The number of hydroxylamine groups is 2. The minimum Gasteiger partial charge on any atom is -0.361 e. The van der Waals surface area contributed by atoms with Crippen LogP contribution in [0.3, 0.4) is 0 Å². The number of aryl methyl sites for hydroxylation is 2. The largest absolute Gasteiger partial charge is 0.361 e. The van der Waals surface area contributed by atoms with Crippen LogP contribution >= 0.6 is 0 Å². The smallest absolute Gasteiger partial charge is 0.218 e. The van der Waals surface area contributed by atoms with E-state index in [0.29, 0.717) is 6.54 Å². The second-order valence-electron chi connectivity index (χ2n) is 6.00. The summed E-state index contributed by atoms with van der Waals surface area (Å²) in [5, 5.41) is 9.26. The Hall–Kier alpha value is -2.34. The molecule has 2 heterocycles. The van der Waals surface area contributed by atoms with Gasteiger partial charge in [0.2, 0.25) is 5.96 Å². The molecule has 0 radical (unpaired) electrons. The van der Waals surface area contributed by atoms with Gasteiger partial charge in [-0.25, -0.2) is 5.06 Å². The van der Waals surface area contributed by atoms with Gasteiger partial charge in [0, 0.05) is 12.6 Å². The molecule has 1 N–H and O–H groups in total. The number of hydrogen-bond donors (Lipinski definition) is 1. The summed E-state index contributed by atoms with van der Waals surface area (Å²) in [5.74, 6) is 1.57. The fourth-order valence-corrected chi connectivity index (χ4v) is 3.11. The highest BCUT2D eigenvalue weighted by molar-refractivity contribution is 5.82. The number of aliphatic imine (C=N–C) groups is 1. The van der Waals surface area contributed by atoms with Gasteiger partial charge in [0.05, 0.1) is 24.9 Å². The highest BCUT2D eigenvalue weighted by Crippen LogP contribution is 2.32. The lowest BCUT2D eigenvalue weighted by molar-refractivity contribution is -0.0627. The summed E-state index contributed by atoms with van der Waals surface area (Å²) in [6.07, 6.45) is 0. The summed E-state index contributed by atoms with van der Waals surface area (Å²) < 4.78 is 5.30. The molecular formula is C17H22N4O2. The standard InChI is InChI=1S/C17H22N4O2/c1-11-15(12(2)23-20-11)13-7-6-8-14(9-13)17(3)10-21(22-5)16(18-4)19-17/h6-9H,10H2,1-5H3,(H,18,19). The Bertz CT molecular complexity index is 733. The van der Waals surface area contributed by atoms with E-state index in [1.165, 1.54) is 0 Å². The van der Waals surface area contributed by atoms with Gasteiger partial charge in [-0.15, -0.1) is 0 Å². The summed E-state index contributed by atoms with van der Waals surface area (Å²) in [7, 11) is 3.40. The molecule has 1 unspecified atom stereocenters. The lowest BCUT2D eigenvalue weighted by Crippen LogP contribution is -2.37. The molecule has 0 spiro atoms. The van der Waals surface area contributed by atoms with Crippen molar-refractivity contribution in [3.63, 3.8) is 0 Å². The van der Waals surface area contributed by atoms with Crippen molar-refractivity contribution in [3.8, 4) is 11.1 Å². The Kier molecular flexibility index (Phi) is 3.85. The van der Waals surface area contributed by atoms with Crippen molar-refractivity contribution in [2.45, 2.75) is 26.3 Å². The fourth-order valence-electron chi connectivity index (χ4n) is 3.11. The maximum atomic E-state index is 5.39. The number of guanidine groups is 1. The number of nitrogens with one attached hydrogen (secondary N) is 1. The summed E-state index contributed by atoms with van der Waals surface area (Å²) in [4.78, 5) is 9.63. The Morgan fingerprint density at radius 2 is 2.17 bits per heavy atom. The lowest BCUT2D eigenvalue weighted by atomic mass is 9.90. The lowest BCUT2D eigenvalue weighted by Gasteiger charge is -2.24. The molecule has 1 aromatic carbocycles. The van der Waals surface area contributed by atoms with E-state index in [0.717, 1.165) is 34.1 Å². The SMILES string of the molecule is C/N=C1/NC(C)(c2cccc(-c3c(C)noc3C)c2)CN1OC. The van der Waals surface area contributed by atoms with Gasteiger partial charge in [0.1, 0.15) is 5.76 Å². The Labute approximate surface area is 136 Å². The van der Waals surface area contributed by atoms with Gasteiger partial charge in [0.25, 0.3) is 0 Å². The molecule has 122 valence electrons. The number of hydrogen-bond acceptors (Lipinski definition) is 4. The first-order chi connectivity index (χ1) is 11.0. The van der Waals surface area contributed by atoms with Crippen LogP contribution in [-0.4, -0.2) is 36.9 Å². The minimum absolute atomic E-state index is 0.278. The van der Waals surface area contributed by atoms with Crippen LogP contribution in [0.15, 0.2) is 33.8 Å². The van der Waals surface area contributed by atoms with Crippen molar-refractivity contribution in [2.75, 3.05) is 20.7 Å². The molecule has 6 nitrogen and oxygen atoms in total. The second-order valence-corrected chi connectivity index (χ2v) is 6.00. The maximum Gasteiger partial charge on any atom is 0.218 e. The molecule has 23 heavy (non-hydrogen) atoms. The van der Waals surface area contributed by atoms with E-state index in [1.54, 1.807) is 19.2 Å². The van der Waals surface area contributed by atoms with E-state index in [-0.39, 0.29) is 5.54 Å². The zero-order valence-electron chi connectivity index (χ0n) is 14.2. The van der Waals surface area contributed by atoms with Crippen LogP contribution in [0, 0.1) is 13.8 Å². The van der Waals surface area contributed by atoms with Crippen molar-refractivity contribution in [1.82, 2.24) is 15.5 Å². The summed E-state index contributed by atoms with van der Waals surface area (Å²) in [5.41, 5.74) is 3.95.